The molecule has 0 unspecified atom stereocenters. The molecule has 2 atom stereocenters. The van der Waals surface area contributed by atoms with E-state index in [1.54, 1.807) is 14.2 Å². The molecule has 0 N–H and O–H groups in total. The van der Waals surface area contributed by atoms with Crippen LogP contribution in [0.25, 0.3) is 0 Å². The van der Waals surface area contributed by atoms with Crippen LogP contribution in [0.5, 0.6) is 0 Å². The maximum Gasteiger partial charge on any atom is 0.162 e. The highest BCUT2D eigenvalue weighted by Crippen LogP contribution is 2.27. The molecule has 0 saturated carbocycles. The van der Waals surface area contributed by atoms with Crippen LogP contribution in [-0.4, -0.2) is 33.2 Å². The van der Waals surface area contributed by atoms with Gasteiger partial charge in [-0.05, 0) is 19.3 Å². The Morgan fingerprint density at radius 1 is 1.50 bits per heavy atom. The zero-order valence-electron chi connectivity index (χ0n) is 9.07. The largest absolute Gasteiger partial charge is 0.378 e. The molecule has 14 heavy (non-hydrogen) atoms. The second-order valence-electron chi connectivity index (χ2n) is 3.58. The van der Waals surface area contributed by atoms with E-state index in [1.807, 2.05) is 6.08 Å². The molecule has 0 aromatic carbocycles. The Labute approximate surface area is 86.0 Å². The number of allylic oxidation sites excluding steroid dienone is 1. The molecule has 3 nitrogen and oxygen atoms in total. The lowest BCUT2D eigenvalue weighted by molar-refractivity contribution is -0.161. The Kier molecular flexibility index (Phi) is 5.15. The lowest BCUT2D eigenvalue weighted by Crippen LogP contribution is -2.33. The van der Waals surface area contributed by atoms with E-state index in [1.165, 1.54) is 0 Å². The van der Waals surface area contributed by atoms with Gasteiger partial charge >= 0.3 is 0 Å². The van der Waals surface area contributed by atoms with Crippen molar-refractivity contribution in [2.24, 2.45) is 5.92 Å². The Hall–Kier alpha value is -0.380. The van der Waals surface area contributed by atoms with Gasteiger partial charge in [-0.1, -0.05) is 6.08 Å². The maximum absolute atomic E-state index is 5.64. The number of ether oxygens (including phenoxy) is 3. The molecule has 0 radical (unpaired) electrons. The van der Waals surface area contributed by atoms with Crippen molar-refractivity contribution in [3.63, 3.8) is 0 Å². The monoisotopic (exact) mass is 200 g/mol. The minimum atomic E-state index is -0.184. The van der Waals surface area contributed by atoms with E-state index in [0.717, 1.165) is 25.9 Å². The van der Waals surface area contributed by atoms with Crippen LogP contribution in [0.3, 0.4) is 0 Å². The van der Waals surface area contributed by atoms with Crippen LogP contribution in [0.15, 0.2) is 12.7 Å². The van der Waals surface area contributed by atoms with Crippen LogP contribution in [0.4, 0.5) is 0 Å². The summed E-state index contributed by atoms with van der Waals surface area (Å²) in [5, 5.41) is 0. The molecule has 1 heterocycles. The Balaban J connectivity index is 2.55. The van der Waals surface area contributed by atoms with Gasteiger partial charge in [0.1, 0.15) is 0 Å². The van der Waals surface area contributed by atoms with Crippen molar-refractivity contribution in [2.75, 3.05) is 20.8 Å². The standard InChI is InChI=1S/C11H20O3/c1-4-6-9(11(12-2)13-3)10-7-5-8-14-10/h4,9-11H,1,5-8H2,2-3H3/t9-,10-/m1/s1. The van der Waals surface area contributed by atoms with Crippen molar-refractivity contribution in [3.8, 4) is 0 Å². The molecule has 0 aromatic heterocycles. The molecule has 0 aromatic rings. The summed E-state index contributed by atoms with van der Waals surface area (Å²) in [5.74, 6) is 0.269. The summed E-state index contributed by atoms with van der Waals surface area (Å²) in [6.07, 6.45) is 5.09. The average Bonchev–Trinajstić information content (AvgIpc) is 2.71. The molecule has 82 valence electrons. The lowest BCUT2D eigenvalue weighted by Gasteiger charge is -2.28. The number of methoxy groups -OCH3 is 2. The third-order valence-electron chi connectivity index (χ3n) is 2.70. The van der Waals surface area contributed by atoms with E-state index in [2.05, 4.69) is 6.58 Å². The van der Waals surface area contributed by atoms with Crippen LogP contribution in [0, 0.1) is 5.92 Å². The first-order chi connectivity index (χ1) is 6.83. The third kappa shape index (κ3) is 2.80. The maximum atomic E-state index is 5.64. The Morgan fingerprint density at radius 2 is 2.21 bits per heavy atom. The van der Waals surface area contributed by atoms with E-state index >= 15 is 0 Å². The van der Waals surface area contributed by atoms with Crippen LogP contribution >= 0.6 is 0 Å². The van der Waals surface area contributed by atoms with E-state index in [4.69, 9.17) is 14.2 Å². The quantitative estimate of drug-likeness (QED) is 0.484. The van der Waals surface area contributed by atoms with Gasteiger partial charge in [-0.2, -0.15) is 0 Å². The van der Waals surface area contributed by atoms with Gasteiger partial charge in [-0.25, -0.2) is 0 Å². The SMILES string of the molecule is C=CC[C@@H](C(OC)OC)[C@H]1CCCO1. The highest BCUT2D eigenvalue weighted by molar-refractivity contribution is 4.83. The van der Waals surface area contributed by atoms with Crippen molar-refractivity contribution in [1.82, 2.24) is 0 Å². The van der Waals surface area contributed by atoms with Crippen LogP contribution < -0.4 is 0 Å². The predicted molar refractivity (Wildman–Crippen MR) is 55.1 cm³/mol. The van der Waals surface area contributed by atoms with Crippen molar-refractivity contribution in [3.05, 3.63) is 12.7 Å². The molecule has 0 amide bonds. The molecule has 3 heteroatoms. The Morgan fingerprint density at radius 3 is 2.64 bits per heavy atom. The summed E-state index contributed by atoms with van der Waals surface area (Å²) in [5.41, 5.74) is 0. The molecule has 1 fully saturated rings. The van der Waals surface area contributed by atoms with E-state index in [0.29, 0.717) is 0 Å². The van der Waals surface area contributed by atoms with Gasteiger partial charge < -0.3 is 14.2 Å². The summed E-state index contributed by atoms with van der Waals surface area (Å²) < 4.78 is 16.2. The molecule has 1 aliphatic rings. The summed E-state index contributed by atoms with van der Waals surface area (Å²) >= 11 is 0. The van der Waals surface area contributed by atoms with Crippen LogP contribution in [0.1, 0.15) is 19.3 Å². The Bertz CT molecular complexity index is 158. The first-order valence-corrected chi connectivity index (χ1v) is 5.11. The fourth-order valence-corrected chi connectivity index (χ4v) is 2.02. The molecule has 1 saturated heterocycles. The van der Waals surface area contributed by atoms with E-state index in [-0.39, 0.29) is 18.3 Å². The highest BCUT2D eigenvalue weighted by Gasteiger charge is 2.31. The van der Waals surface area contributed by atoms with Gasteiger partial charge in [0.05, 0.1) is 6.10 Å². The molecular formula is C11H20O3. The first-order valence-electron chi connectivity index (χ1n) is 5.11. The lowest BCUT2D eigenvalue weighted by atomic mass is 9.95. The number of hydrogen-bond donors (Lipinski definition) is 0. The van der Waals surface area contributed by atoms with Crippen molar-refractivity contribution < 1.29 is 14.2 Å². The minimum Gasteiger partial charge on any atom is -0.378 e. The van der Waals surface area contributed by atoms with Gasteiger partial charge in [-0.15, -0.1) is 6.58 Å². The molecule has 0 bridgehead atoms. The first kappa shape index (κ1) is 11.7. The average molecular weight is 200 g/mol. The summed E-state index contributed by atoms with van der Waals surface area (Å²) in [4.78, 5) is 0. The van der Waals surface area contributed by atoms with Gasteiger partial charge in [0.25, 0.3) is 0 Å². The predicted octanol–water partition coefficient (Wildman–Crippen LogP) is 1.98. The van der Waals surface area contributed by atoms with Crippen LogP contribution in [-0.2, 0) is 14.2 Å². The molecule has 1 aliphatic heterocycles. The van der Waals surface area contributed by atoms with Crippen LogP contribution in [0.2, 0.25) is 0 Å². The topological polar surface area (TPSA) is 27.7 Å². The summed E-state index contributed by atoms with van der Waals surface area (Å²) in [6.45, 7) is 4.62. The smallest absolute Gasteiger partial charge is 0.162 e. The molecule has 1 rings (SSSR count). The molecule has 0 aliphatic carbocycles. The van der Waals surface area contributed by atoms with Gasteiger partial charge in [0.2, 0.25) is 0 Å². The number of rotatable bonds is 6. The second-order valence-corrected chi connectivity index (χ2v) is 3.58. The van der Waals surface area contributed by atoms with E-state index < -0.39 is 0 Å². The summed E-state index contributed by atoms with van der Waals surface area (Å²) in [6, 6.07) is 0. The van der Waals surface area contributed by atoms with Gasteiger partial charge in [-0.3, -0.25) is 0 Å². The normalized spacial score (nSPS) is 24.1. The van der Waals surface area contributed by atoms with E-state index in [9.17, 15) is 0 Å². The van der Waals surface area contributed by atoms with Crippen molar-refractivity contribution in [1.29, 1.82) is 0 Å². The zero-order valence-corrected chi connectivity index (χ0v) is 9.07. The fourth-order valence-electron chi connectivity index (χ4n) is 2.02. The van der Waals surface area contributed by atoms with Crippen molar-refractivity contribution >= 4 is 0 Å². The fraction of sp³-hybridized carbons (Fsp3) is 0.818. The van der Waals surface area contributed by atoms with Gasteiger partial charge in [0.15, 0.2) is 6.29 Å². The minimum absolute atomic E-state index is 0.184. The number of hydrogen-bond acceptors (Lipinski definition) is 3. The molecular weight excluding hydrogens is 180 g/mol. The highest BCUT2D eigenvalue weighted by atomic mass is 16.7. The molecule has 0 spiro atoms. The summed E-state index contributed by atoms with van der Waals surface area (Å²) in [7, 11) is 3.33. The van der Waals surface area contributed by atoms with Gasteiger partial charge in [0, 0.05) is 26.7 Å². The second kappa shape index (κ2) is 6.17. The zero-order chi connectivity index (χ0) is 10.4. The van der Waals surface area contributed by atoms with Crippen molar-refractivity contribution in [2.45, 2.75) is 31.7 Å². The third-order valence-corrected chi connectivity index (χ3v) is 2.70.